The van der Waals surface area contributed by atoms with Crippen molar-refractivity contribution in [3.8, 4) is 11.4 Å². The van der Waals surface area contributed by atoms with E-state index in [9.17, 15) is 0 Å². The molecule has 204 valence electrons. The van der Waals surface area contributed by atoms with E-state index in [2.05, 4.69) is 88.8 Å². The van der Waals surface area contributed by atoms with Crippen LogP contribution in [0.4, 0.5) is 5.69 Å². The van der Waals surface area contributed by atoms with Gasteiger partial charge in [-0.3, -0.25) is 14.4 Å². The highest BCUT2D eigenvalue weighted by atomic mass is 15.0. The average molecular weight is 555 g/mol. The van der Waals surface area contributed by atoms with Crippen LogP contribution >= 0.6 is 0 Å². The van der Waals surface area contributed by atoms with Gasteiger partial charge in [0.05, 0.1) is 28.1 Å². The predicted octanol–water partition coefficient (Wildman–Crippen LogP) is 7.93. The molecular weight excluding hydrogens is 528 g/mol. The second kappa shape index (κ2) is 9.19. The molecule has 0 fully saturated rings. The van der Waals surface area contributed by atoms with E-state index < -0.39 is 0 Å². The molecule has 0 amide bonds. The Labute approximate surface area is 247 Å². The summed E-state index contributed by atoms with van der Waals surface area (Å²) >= 11 is 0. The van der Waals surface area contributed by atoms with Gasteiger partial charge in [0.25, 0.3) is 0 Å². The summed E-state index contributed by atoms with van der Waals surface area (Å²) in [5.74, 6) is 0. The topological polar surface area (TPSA) is 60.4 Å². The Hall–Kier alpha value is -5.62. The molecule has 5 aromatic heterocycles. The maximum absolute atomic E-state index is 5.12. The van der Waals surface area contributed by atoms with Crippen molar-refractivity contribution in [2.75, 3.05) is 0 Å². The summed E-state index contributed by atoms with van der Waals surface area (Å²) in [6.07, 6.45) is 10.5. The van der Waals surface area contributed by atoms with Gasteiger partial charge in [-0.05, 0) is 55.3 Å². The van der Waals surface area contributed by atoms with Crippen molar-refractivity contribution in [3.63, 3.8) is 0 Å². The lowest BCUT2D eigenvalue weighted by molar-refractivity contribution is 0.890. The summed E-state index contributed by atoms with van der Waals surface area (Å²) in [7, 11) is 2.08. The Morgan fingerprint density at radius 3 is 2.28 bits per heavy atom. The first-order chi connectivity index (χ1) is 21.2. The molecule has 6 nitrogen and oxygen atoms in total. The third kappa shape index (κ3) is 3.59. The first-order valence-electron chi connectivity index (χ1n) is 14.6. The van der Waals surface area contributed by atoms with Gasteiger partial charge >= 0.3 is 0 Å². The molecule has 43 heavy (non-hydrogen) atoms. The van der Waals surface area contributed by atoms with Crippen molar-refractivity contribution in [3.05, 3.63) is 126 Å². The molecule has 1 aliphatic carbocycles. The molecular formula is C37H26N6. The molecule has 6 heteroatoms. The van der Waals surface area contributed by atoms with Crippen molar-refractivity contribution >= 4 is 60.9 Å². The normalized spacial score (nSPS) is 13.6. The van der Waals surface area contributed by atoms with E-state index in [1.807, 2.05) is 42.7 Å². The number of allylic oxidation sites excluding steroid dienone is 1. The Bertz CT molecular complexity index is 2520. The van der Waals surface area contributed by atoms with Crippen LogP contribution in [0.2, 0.25) is 0 Å². The minimum Gasteiger partial charge on any atom is -0.328 e. The molecule has 0 unspecified atom stereocenters. The Balaban J connectivity index is 1.34. The van der Waals surface area contributed by atoms with E-state index >= 15 is 0 Å². The van der Waals surface area contributed by atoms with Gasteiger partial charge in [0.2, 0.25) is 0 Å². The number of imidazole rings is 1. The van der Waals surface area contributed by atoms with Crippen LogP contribution in [0.3, 0.4) is 0 Å². The first kappa shape index (κ1) is 24.0. The highest BCUT2D eigenvalue weighted by Crippen LogP contribution is 2.35. The average Bonchev–Trinajstić information content (AvgIpc) is 3.47. The molecule has 0 N–H and O–H groups in total. The van der Waals surface area contributed by atoms with Crippen LogP contribution in [0, 0.1) is 0 Å². The minimum absolute atomic E-state index is 0.803. The Kier molecular flexibility index (Phi) is 5.14. The molecule has 0 aliphatic heterocycles. The minimum atomic E-state index is 0.803. The molecule has 0 saturated carbocycles. The lowest BCUT2D eigenvalue weighted by atomic mass is 9.97. The van der Waals surface area contributed by atoms with E-state index in [4.69, 9.17) is 19.9 Å². The van der Waals surface area contributed by atoms with E-state index in [1.165, 1.54) is 11.3 Å². The number of aryl methyl sites for hydroxylation is 2. The molecule has 0 spiro atoms. The van der Waals surface area contributed by atoms with Gasteiger partial charge in [0.15, 0.2) is 0 Å². The second-order valence-electron chi connectivity index (χ2n) is 11.1. The SMILES string of the molecule is Cn1c(=Nc2ccccc2)c2cc(-c3cc4c(cn3)c3c(n5c6ccccc6nc45)CCC=C3)ncc2c2ccccc21. The van der Waals surface area contributed by atoms with Crippen LogP contribution in [0.1, 0.15) is 17.7 Å². The van der Waals surface area contributed by atoms with Crippen molar-refractivity contribution in [2.24, 2.45) is 12.0 Å². The summed E-state index contributed by atoms with van der Waals surface area (Å²) in [4.78, 5) is 20.2. The molecule has 0 radical (unpaired) electrons. The van der Waals surface area contributed by atoms with Gasteiger partial charge in [-0.2, -0.15) is 0 Å². The largest absolute Gasteiger partial charge is 0.328 e. The van der Waals surface area contributed by atoms with Gasteiger partial charge in [-0.25, -0.2) is 9.98 Å². The summed E-state index contributed by atoms with van der Waals surface area (Å²) < 4.78 is 4.51. The zero-order valence-corrected chi connectivity index (χ0v) is 23.6. The van der Waals surface area contributed by atoms with Gasteiger partial charge in [-0.15, -0.1) is 0 Å². The lowest BCUT2D eigenvalue weighted by Gasteiger charge is -2.17. The number of para-hydroxylation sites is 4. The zero-order valence-electron chi connectivity index (χ0n) is 23.6. The molecule has 3 aromatic carbocycles. The van der Waals surface area contributed by atoms with E-state index in [0.717, 1.165) is 84.5 Å². The van der Waals surface area contributed by atoms with Crippen molar-refractivity contribution < 1.29 is 0 Å². The monoisotopic (exact) mass is 554 g/mol. The fourth-order valence-electron chi connectivity index (χ4n) is 6.65. The van der Waals surface area contributed by atoms with Crippen LogP contribution in [0.25, 0.3) is 66.6 Å². The highest BCUT2D eigenvalue weighted by Gasteiger charge is 2.20. The standard InChI is InChI=1S/C37H26N6/c1-42-33-16-8-5-13-24(33)28-21-38-31(19-26(28)36(42)40-23-11-3-2-4-12-23)32-20-27-29(22-39-32)25-14-6-9-17-34(25)43-35-18-10-7-15-30(35)41-37(27)43/h2-8,10-16,18-22H,9,17H2,1H3. The quantitative estimate of drug-likeness (QED) is 0.204. The van der Waals surface area contributed by atoms with Gasteiger partial charge in [-0.1, -0.05) is 60.7 Å². The third-order valence-electron chi connectivity index (χ3n) is 8.68. The Morgan fingerprint density at radius 2 is 1.42 bits per heavy atom. The van der Waals surface area contributed by atoms with Gasteiger partial charge < -0.3 is 4.57 Å². The van der Waals surface area contributed by atoms with Crippen molar-refractivity contribution in [1.82, 2.24) is 23.9 Å². The predicted molar refractivity (Wildman–Crippen MR) is 174 cm³/mol. The molecule has 1 aliphatic rings. The zero-order chi connectivity index (χ0) is 28.5. The molecule has 0 bridgehead atoms. The van der Waals surface area contributed by atoms with Crippen molar-refractivity contribution in [2.45, 2.75) is 12.8 Å². The number of rotatable bonds is 2. The maximum atomic E-state index is 5.12. The molecule has 9 rings (SSSR count). The number of hydrogen-bond donors (Lipinski definition) is 0. The molecule has 8 aromatic rings. The smallest absolute Gasteiger partial charge is 0.146 e. The van der Waals surface area contributed by atoms with E-state index in [-0.39, 0.29) is 0 Å². The van der Waals surface area contributed by atoms with E-state index in [0.29, 0.717) is 0 Å². The van der Waals surface area contributed by atoms with Crippen LogP contribution in [0.15, 0.2) is 114 Å². The fourth-order valence-corrected chi connectivity index (χ4v) is 6.65. The fraction of sp³-hybridized carbons (Fsp3) is 0.0811. The lowest BCUT2D eigenvalue weighted by Crippen LogP contribution is -2.19. The van der Waals surface area contributed by atoms with Crippen molar-refractivity contribution in [1.29, 1.82) is 0 Å². The number of hydrogen-bond acceptors (Lipinski definition) is 4. The van der Waals surface area contributed by atoms with Gasteiger partial charge in [0, 0.05) is 63.1 Å². The van der Waals surface area contributed by atoms with Crippen LogP contribution in [-0.2, 0) is 13.5 Å². The number of fused-ring (bicyclic) bond motifs is 11. The number of nitrogens with zero attached hydrogens (tertiary/aromatic N) is 6. The second-order valence-corrected chi connectivity index (χ2v) is 11.1. The van der Waals surface area contributed by atoms with Gasteiger partial charge in [0.1, 0.15) is 11.1 Å². The first-order valence-corrected chi connectivity index (χ1v) is 14.6. The van der Waals surface area contributed by atoms with Crippen LogP contribution in [-0.4, -0.2) is 23.9 Å². The summed E-state index contributed by atoms with van der Waals surface area (Å²) in [5, 5.41) is 5.43. The van der Waals surface area contributed by atoms with Crippen LogP contribution in [0.5, 0.6) is 0 Å². The summed E-state index contributed by atoms with van der Waals surface area (Å²) in [6.45, 7) is 0. The molecule has 0 saturated heterocycles. The highest BCUT2D eigenvalue weighted by molar-refractivity contribution is 6.07. The molecule has 5 heterocycles. The summed E-state index contributed by atoms with van der Waals surface area (Å²) in [6, 6.07) is 31.2. The van der Waals surface area contributed by atoms with Crippen LogP contribution < -0.4 is 5.49 Å². The summed E-state index contributed by atoms with van der Waals surface area (Å²) in [5.41, 5.74) is 10.1. The molecule has 0 atom stereocenters. The number of aromatic nitrogens is 5. The number of pyridine rings is 4. The third-order valence-corrected chi connectivity index (χ3v) is 8.68. The van der Waals surface area contributed by atoms with E-state index in [1.54, 1.807) is 0 Å². The number of benzene rings is 3. The maximum Gasteiger partial charge on any atom is 0.146 e. The Morgan fingerprint density at radius 1 is 0.698 bits per heavy atom.